The van der Waals surface area contributed by atoms with Crippen molar-refractivity contribution in [1.29, 1.82) is 0 Å². The standard InChI is InChI=1S/C26H27N3O5/c1-2-17-15-28(25(32)29(33)24(17)31)26(13-7-8-14-26)16-27-23(30)22-18-9-3-5-11-20(18)34-21-12-6-4-10-19(21)22/h3-6,9-12,15,22,33H,2,7-8,13-14,16H2,1H3,(H,27,30). The van der Waals surface area contributed by atoms with Gasteiger partial charge < -0.3 is 15.3 Å². The Labute approximate surface area is 196 Å². The Kier molecular flexibility index (Phi) is 5.51. The molecular weight excluding hydrogens is 434 g/mol. The number of ether oxygens (including phenoxy) is 1. The zero-order valence-corrected chi connectivity index (χ0v) is 19.0. The Morgan fingerprint density at radius 1 is 1.06 bits per heavy atom. The number of fused-ring (bicyclic) bond motifs is 2. The summed E-state index contributed by atoms with van der Waals surface area (Å²) in [5.74, 6) is 0.561. The second-order valence-corrected chi connectivity index (χ2v) is 9.04. The van der Waals surface area contributed by atoms with Crippen molar-refractivity contribution >= 4 is 5.91 Å². The van der Waals surface area contributed by atoms with Crippen LogP contribution in [0.1, 0.15) is 55.2 Å². The van der Waals surface area contributed by atoms with Gasteiger partial charge in [-0.05, 0) is 31.4 Å². The Balaban J connectivity index is 1.50. The van der Waals surface area contributed by atoms with Crippen LogP contribution in [0.4, 0.5) is 0 Å². The molecule has 0 radical (unpaired) electrons. The lowest BCUT2D eigenvalue weighted by Gasteiger charge is -2.33. The smallest absolute Gasteiger partial charge is 0.365 e. The van der Waals surface area contributed by atoms with E-state index in [1.807, 2.05) is 48.5 Å². The van der Waals surface area contributed by atoms with Gasteiger partial charge in [0, 0.05) is 29.4 Å². The zero-order chi connectivity index (χ0) is 23.9. The van der Waals surface area contributed by atoms with Crippen LogP contribution in [0, 0.1) is 0 Å². The minimum atomic E-state index is -0.778. The molecule has 0 bridgehead atoms. The number of para-hydroxylation sites is 2. The number of carbonyl (C=O) groups excluding carboxylic acids is 1. The molecule has 2 N–H and O–H groups in total. The predicted octanol–water partition coefficient (Wildman–Crippen LogP) is 3.13. The quantitative estimate of drug-likeness (QED) is 0.569. The highest BCUT2D eigenvalue weighted by molar-refractivity contribution is 5.89. The molecule has 2 heterocycles. The number of aryl methyl sites for hydroxylation is 1. The first-order chi connectivity index (χ1) is 16.4. The number of benzene rings is 2. The van der Waals surface area contributed by atoms with Crippen molar-refractivity contribution in [3.63, 3.8) is 0 Å². The molecule has 3 aromatic rings. The third-order valence-electron chi connectivity index (χ3n) is 7.10. The van der Waals surface area contributed by atoms with E-state index < -0.39 is 22.7 Å². The lowest BCUT2D eigenvalue weighted by Crippen LogP contribution is -2.52. The van der Waals surface area contributed by atoms with Crippen LogP contribution in [0.5, 0.6) is 11.5 Å². The number of rotatable bonds is 5. The Bertz CT molecular complexity index is 1320. The van der Waals surface area contributed by atoms with Gasteiger partial charge in [-0.3, -0.25) is 14.2 Å². The molecule has 0 unspecified atom stereocenters. The highest BCUT2D eigenvalue weighted by atomic mass is 16.5. The summed E-state index contributed by atoms with van der Waals surface area (Å²) in [5.41, 5.74) is -0.260. The van der Waals surface area contributed by atoms with Crippen LogP contribution in [0.25, 0.3) is 0 Å². The maximum Gasteiger partial charge on any atom is 0.365 e. The van der Waals surface area contributed by atoms with E-state index in [-0.39, 0.29) is 17.2 Å². The summed E-state index contributed by atoms with van der Waals surface area (Å²) in [6.45, 7) is 2.02. The largest absolute Gasteiger partial charge is 0.457 e. The number of aromatic nitrogens is 2. The Hall–Kier alpha value is -3.81. The van der Waals surface area contributed by atoms with Gasteiger partial charge in [-0.2, -0.15) is 0 Å². The number of hydrogen-bond donors (Lipinski definition) is 2. The van der Waals surface area contributed by atoms with Crippen LogP contribution in [0.15, 0.2) is 64.3 Å². The fourth-order valence-electron chi connectivity index (χ4n) is 5.26. The number of nitrogens with one attached hydrogen (secondary N) is 1. The van der Waals surface area contributed by atoms with Gasteiger partial charge in [0.15, 0.2) is 0 Å². The van der Waals surface area contributed by atoms with E-state index in [0.29, 0.717) is 36.3 Å². The molecular formula is C26H27N3O5. The normalized spacial score (nSPS) is 16.4. The molecule has 1 saturated carbocycles. The van der Waals surface area contributed by atoms with E-state index in [1.165, 1.54) is 4.57 Å². The summed E-state index contributed by atoms with van der Waals surface area (Å²) >= 11 is 0. The van der Waals surface area contributed by atoms with Crippen molar-refractivity contribution in [3.8, 4) is 11.5 Å². The zero-order valence-electron chi connectivity index (χ0n) is 19.0. The van der Waals surface area contributed by atoms with Crippen LogP contribution in [-0.2, 0) is 16.8 Å². The number of carbonyl (C=O) groups is 1. The van der Waals surface area contributed by atoms with Gasteiger partial charge in [0.05, 0.1) is 11.5 Å². The van der Waals surface area contributed by atoms with Crippen LogP contribution in [-0.4, -0.2) is 27.0 Å². The molecule has 176 valence electrons. The topological polar surface area (TPSA) is 103 Å². The number of hydrogen-bond acceptors (Lipinski definition) is 5. The maximum atomic E-state index is 13.6. The second-order valence-electron chi connectivity index (χ2n) is 9.04. The summed E-state index contributed by atoms with van der Waals surface area (Å²) in [7, 11) is 0. The second kappa shape index (κ2) is 8.52. The first kappa shape index (κ1) is 22.0. The summed E-state index contributed by atoms with van der Waals surface area (Å²) in [5, 5.41) is 13.2. The summed E-state index contributed by atoms with van der Waals surface area (Å²) in [6, 6.07) is 15.0. The Morgan fingerprint density at radius 2 is 1.65 bits per heavy atom. The van der Waals surface area contributed by atoms with Gasteiger partial charge in [-0.1, -0.05) is 60.9 Å². The molecule has 1 amide bonds. The molecule has 0 saturated heterocycles. The van der Waals surface area contributed by atoms with E-state index in [0.717, 1.165) is 24.0 Å². The average Bonchev–Trinajstić information content (AvgIpc) is 3.34. The molecule has 2 aromatic carbocycles. The van der Waals surface area contributed by atoms with Gasteiger partial charge in [0.25, 0.3) is 5.56 Å². The van der Waals surface area contributed by atoms with Crippen molar-refractivity contribution < 1.29 is 14.7 Å². The number of amides is 1. The summed E-state index contributed by atoms with van der Waals surface area (Å²) in [6.07, 6.45) is 5.03. The molecule has 1 fully saturated rings. The lowest BCUT2D eigenvalue weighted by molar-refractivity contribution is -0.122. The third kappa shape index (κ3) is 3.50. The van der Waals surface area contributed by atoms with Crippen LogP contribution in [0.3, 0.4) is 0 Å². The van der Waals surface area contributed by atoms with Crippen LogP contribution in [0.2, 0.25) is 0 Å². The van der Waals surface area contributed by atoms with Gasteiger partial charge >= 0.3 is 5.69 Å². The van der Waals surface area contributed by atoms with Gasteiger partial charge in [-0.15, -0.1) is 0 Å². The molecule has 1 aliphatic carbocycles. The number of nitrogens with zero attached hydrogens (tertiary/aromatic N) is 2. The summed E-state index contributed by atoms with van der Waals surface area (Å²) < 4.78 is 7.64. The fourth-order valence-corrected chi connectivity index (χ4v) is 5.26. The fraction of sp³-hybridized carbons (Fsp3) is 0.346. The van der Waals surface area contributed by atoms with Crippen molar-refractivity contribution in [2.75, 3.05) is 6.54 Å². The van der Waals surface area contributed by atoms with E-state index in [9.17, 15) is 19.6 Å². The molecule has 0 spiro atoms. The predicted molar refractivity (Wildman–Crippen MR) is 126 cm³/mol. The van der Waals surface area contributed by atoms with Crippen molar-refractivity contribution in [2.24, 2.45) is 0 Å². The van der Waals surface area contributed by atoms with Crippen LogP contribution >= 0.6 is 0 Å². The average molecular weight is 462 g/mol. The van der Waals surface area contributed by atoms with E-state index in [2.05, 4.69) is 5.32 Å². The van der Waals surface area contributed by atoms with E-state index >= 15 is 0 Å². The first-order valence-electron chi connectivity index (χ1n) is 11.7. The third-order valence-corrected chi connectivity index (χ3v) is 7.10. The van der Waals surface area contributed by atoms with Crippen molar-refractivity contribution in [2.45, 2.75) is 50.5 Å². The van der Waals surface area contributed by atoms with Gasteiger partial charge in [0.1, 0.15) is 11.5 Å². The first-order valence-corrected chi connectivity index (χ1v) is 11.7. The monoisotopic (exact) mass is 461 g/mol. The SMILES string of the molecule is CCc1cn(C2(CNC(=O)C3c4ccccc4Oc4ccccc43)CCCC2)c(=O)n(O)c1=O. The molecule has 34 heavy (non-hydrogen) atoms. The molecule has 0 atom stereocenters. The summed E-state index contributed by atoms with van der Waals surface area (Å²) in [4.78, 5) is 38.7. The molecule has 1 aromatic heterocycles. The molecule has 2 aliphatic rings. The van der Waals surface area contributed by atoms with Crippen molar-refractivity contribution in [1.82, 2.24) is 14.6 Å². The molecule has 8 nitrogen and oxygen atoms in total. The highest BCUT2D eigenvalue weighted by Crippen LogP contribution is 2.44. The van der Waals surface area contributed by atoms with Crippen molar-refractivity contribution in [3.05, 3.63) is 92.3 Å². The minimum Gasteiger partial charge on any atom is -0.457 e. The molecule has 8 heteroatoms. The van der Waals surface area contributed by atoms with E-state index in [4.69, 9.17) is 4.74 Å². The maximum absolute atomic E-state index is 13.6. The minimum absolute atomic E-state index is 0.185. The van der Waals surface area contributed by atoms with E-state index in [1.54, 1.807) is 13.1 Å². The molecule has 1 aliphatic heterocycles. The highest BCUT2D eigenvalue weighted by Gasteiger charge is 2.40. The molecule has 5 rings (SSSR count). The lowest BCUT2D eigenvalue weighted by atomic mass is 9.87. The van der Waals surface area contributed by atoms with Crippen LogP contribution < -0.4 is 21.3 Å². The van der Waals surface area contributed by atoms with Gasteiger partial charge in [0.2, 0.25) is 5.91 Å². The Morgan fingerprint density at radius 3 is 2.24 bits per heavy atom. The van der Waals surface area contributed by atoms with Gasteiger partial charge in [-0.25, -0.2) is 4.79 Å².